The van der Waals surface area contributed by atoms with Crippen molar-refractivity contribution in [2.45, 2.75) is 30.0 Å². The molecule has 0 aliphatic carbocycles. The Labute approximate surface area is 103 Å². The summed E-state index contributed by atoms with van der Waals surface area (Å²) in [4.78, 5) is 1.14. The molecule has 84 valence electrons. The maximum atomic E-state index is 8.97. The van der Waals surface area contributed by atoms with Crippen LogP contribution in [0.5, 0.6) is 0 Å². The van der Waals surface area contributed by atoms with E-state index in [-0.39, 0.29) is 17.9 Å². The molecule has 4 heteroatoms. The minimum absolute atomic E-state index is 0.0515. The van der Waals surface area contributed by atoms with Crippen molar-refractivity contribution in [3.8, 4) is 0 Å². The Morgan fingerprint density at radius 1 is 1.47 bits per heavy atom. The van der Waals surface area contributed by atoms with Gasteiger partial charge in [-0.15, -0.1) is 11.8 Å². The van der Waals surface area contributed by atoms with E-state index in [1.165, 1.54) is 0 Å². The van der Waals surface area contributed by atoms with Crippen LogP contribution >= 0.6 is 27.7 Å². The number of aliphatic hydroxyl groups is 1. The highest BCUT2D eigenvalue weighted by atomic mass is 79.9. The third-order valence-corrected chi connectivity index (χ3v) is 4.15. The van der Waals surface area contributed by atoms with Gasteiger partial charge in [0, 0.05) is 20.7 Å². The zero-order valence-corrected chi connectivity index (χ0v) is 11.3. The summed E-state index contributed by atoms with van der Waals surface area (Å²) < 4.78 is 1.04. The van der Waals surface area contributed by atoms with Crippen molar-refractivity contribution in [3.05, 3.63) is 28.2 Å². The molecular formula is C11H16BrNOS. The van der Waals surface area contributed by atoms with Gasteiger partial charge in [-0.1, -0.05) is 13.0 Å². The Kier molecular flexibility index (Phi) is 5.12. The Morgan fingerprint density at radius 3 is 2.60 bits per heavy atom. The Balaban J connectivity index is 2.83. The first-order valence-corrected chi connectivity index (χ1v) is 6.54. The molecule has 0 amide bonds. The molecule has 1 rings (SSSR count). The van der Waals surface area contributed by atoms with Gasteiger partial charge in [-0.25, -0.2) is 0 Å². The lowest BCUT2D eigenvalue weighted by Gasteiger charge is -2.12. The SMILES string of the molecule is CC(CO)Sc1ccc([C@H](C)N)cc1Br. The number of nitrogens with two attached hydrogens (primary N) is 1. The molecule has 0 saturated carbocycles. The van der Waals surface area contributed by atoms with Crippen molar-refractivity contribution in [1.82, 2.24) is 0 Å². The van der Waals surface area contributed by atoms with Crippen LogP contribution in [0.1, 0.15) is 25.5 Å². The average molecular weight is 290 g/mol. The quantitative estimate of drug-likeness (QED) is 0.838. The van der Waals surface area contributed by atoms with Crippen molar-refractivity contribution in [2.75, 3.05) is 6.61 Å². The lowest BCUT2D eigenvalue weighted by atomic mass is 10.1. The molecule has 0 aromatic heterocycles. The highest BCUT2D eigenvalue weighted by molar-refractivity contribution is 9.10. The lowest BCUT2D eigenvalue weighted by molar-refractivity contribution is 0.300. The molecule has 1 unspecified atom stereocenters. The van der Waals surface area contributed by atoms with E-state index in [0.29, 0.717) is 0 Å². The van der Waals surface area contributed by atoms with Crippen molar-refractivity contribution in [1.29, 1.82) is 0 Å². The fraction of sp³-hybridized carbons (Fsp3) is 0.455. The van der Waals surface area contributed by atoms with Crippen LogP contribution in [0.25, 0.3) is 0 Å². The number of hydrogen-bond donors (Lipinski definition) is 2. The summed E-state index contributed by atoms with van der Waals surface area (Å²) in [5.41, 5.74) is 6.91. The van der Waals surface area contributed by atoms with Crippen molar-refractivity contribution < 1.29 is 5.11 Å². The van der Waals surface area contributed by atoms with Gasteiger partial charge in [-0.2, -0.15) is 0 Å². The second-order valence-electron chi connectivity index (χ2n) is 3.59. The summed E-state index contributed by atoms with van der Waals surface area (Å²) in [7, 11) is 0. The molecule has 0 saturated heterocycles. The second kappa shape index (κ2) is 5.89. The first-order chi connectivity index (χ1) is 7.04. The topological polar surface area (TPSA) is 46.2 Å². The van der Waals surface area contributed by atoms with Gasteiger partial charge >= 0.3 is 0 Å². The molecule has 1 aromatic rings. The van der Waals surface area contributed by atoms with Crippen LogP contribution in [-0.4, -0.2) is 17.0 Å². The highest BCUT2D eigenvalue weighted by Gasteiger charge is 2.08. The molecule has 0 radical (unpaired) electrons. The first kappa shape index (κ1) is 13.0. The summed E-state index contributed by atoms with van der Waals surface area (Å²) in [6.07, 6.45) is 0. The number of thioether (sulfide) groups is 1. The molecule has 0 aliphatic heterocycles. The maximum absolute atomic E-state index is 8.97. The number of halogens is 1. The predicted octanol–water partition coefficient (Wildman–Crippen LogP) is 2.94. The molecule has 3 N–H and O–H groups in total. The zero-order valence-electron chi connectivity index (χ0n) is 8.90. The van der Waals surface area contributed by atoms with E-state index >= 15 is 0 Å². The minimum atomic E-state index is 0.0515. The van der Waals surface area contributed by atoms with Crippen LogP contribution in [0.2, 0.25) is 0 Å². The Hall–Kier alpha value is -0.0300. The zero-order chi connectivity index (χ0) is 11.4. The minimum Gasteiger partial charge on any atom is -0.395 e. The fourth-order valence-corrected chi connectivity index (χ4v) is 2.65. The number of benzene rings is 1. The van der Waals surface area contributed by atoms with Gasteiger partial charge in [0.15, 0.2) is 0 Å². The Morgan fingerprint density at radius 2 is 2.13 bits per heavy atom. The third-order valence-electron chi connectivity index (χ3n) is 2.07. The largest absolute Gasteiger partial charge is 0.395 e. The standard InChI is InChI=1S/C11H16BrNOS/c1-7(6-14)15-11-4-3-9(8(2)13)5-10(11)12/h3-5,7-8,14H,6,13H2,1-2H3/t7?,8-/m0/s1. The van der Waals surface area contributed by atoms with E-state index < -0.39 is 0 Å². The normalized spacial score (nSPS) is 15.0. The van der Waals surface area contributed by atoms with Crippen LogP contribution in [0.4, 0.5) is 0 Å². The lowest BCUT2D eigenvalue weighted by Crippen LogP contribution is -2.05. The van der Waals surface area contributed by atoms with Gasteiger partial charge in [0.2, 0.25) is 0 Å². The van der Waals surface area contributed by atoms with Crippen molar-refractivity contribution in [2.24, 2.45) is 5.73 Å². The summed E-state index contributed by atoms with van der Waals surface area (Å²) in [6.45, 7) is 4.15. The van der Waals surface area contributed by atoms with E-state index in [9.17, 15) is 0 Å². The molecule has 0 heterocycles. The third kappa shape index (κ3) is 3.79. The first-order valence-electron chi connectivity index (χ1n) is 4.87. The van der Waals surface area contributed by atoms with E-state index in [1.54, 1.807) is 11.8 Å². The Bertz CT molecular complexity index is 330. The highest BCUT2D eigenvalue weighted by Crippen LogP contribution is 2.32. The molecule has 1 aromatic carbocycles. The molecule has 0 bridgehead atoms. The van der Waals surface area contributed by atoms with Gasteiger partial charge < -0.3 is 10.8 Å². The van der Waals surface area contributed by atoms with Crippen LogP contribution < -0.4 is 5.73 Å². The van der Waals surface area contributed by atoms with Crippen LogP contribution in [-0.2, 0) is 0 Å². The van der Waals surface area contributed by atoms with E-state index in [1.807, 2.05) is 32.0 Å². The molecule has 2 nitrogen and oxygen atoms in total. The smallest absolute Gasteiger partial charge is 0.0550 e. The predicted molar refractivity (Wildman–Crippen MR) is 69.1 cm³/mol. The molecule has 15 heavy (non-hydrogen) atoms. The van der Waals surface area contributed by atoms with E-state index in [4.69, 9.17) is 10.8 Å². The van der Waals surface area contributed by atoms with Crippen LogP contribution in [0, 0.1) is 0 Å². The van der Waals surface area contributed by atoms with Gasteiger partial charge in [0.1, 0.15) is 0 Å². The fourth-order valence-electron chi connectivity index (χ4n) is 1.15. The van der Waals surface area contributed by atoms with Crippen LogP contribution in [0.3, 0.4) is 0 Å². The summed E-state index contributed by atoms with van der Waals surface area (Å²) in [5, 5.41) is 9.18. The van der Waals surface area contributed by atoms with E-state index in [2.05, 4.69) is 15.9 Å². The molecular weight excluding hydrogens is 274 g/mol. The number of hydrogen-bond acceptors (Lipinski definition) is 3. The number of rotatable bonds is 4. The summed E-state index contributed by atoms with van der Waals surface area (Å²) in [6, 6.07) is 6.16. The molecule has 0 aliphatic rings. The van der Waals surface area contributed by atoms with Gasteiger partial charge in [-0.05, 0) is 40.5 Å². The summed E-state index contributed by atoms with van der Waals surface area (Å²) in [5.74, 6) is 0. The molecule has 0 spiro atoms. The van der Waals surface area contributed by atoms with Gasteiger partial charge in [0.05, 0.1) is 6.61 Å². The van der Waals surface area contributed by atoms with E-state index in [0.717, 1.165) is 14.9 Å². The second-order valence-corrected chi connectivity index (χ2v) is 5.92. The van der Waals surface area contributed by atoms with Crippen molar-refractivity contribution >= 4 is 27.7 Å². The number of aliphatic hydroxyl groups excluding tert-OH is 1. The monoisotopic (exact) mass is 289 g/mol. The summed E-state index contributed by atoms with van der Waals surface area (Å²) >= 11 is 5.17. The maximum Gasteiger partial charge on any atom is 0.0550 e. The van der Waals surface area contributed by atoms with Gasteiger partial charge in [-0.3, -0.25) is 0 Å². The molecule has 0 fully saturated rings. The molecule has 2 atom stereocenters. The average Bonchev–Trinajstić information content (AvgIpc) is 2.20. The van der Waals surface area contributed by atoms with Crippen molar-refractivity contribution in [3.63, 3.8) is 0 Å². The van der Waals surface area contributed by atoms with Gasteiger partial charge in [0.25, 0.3) is 0 Å². The van der Waals surface area contributed by atoms with Crippen LogP contribution in [0.15, 0.2) is 27.6 Å².